The standard InChI is InChI=1S/C49H38N4O/c1-29-5-13-33(14-6-29)45-38-21-22-39(50-38)46(34-15-7-30(2)8-16-34)41-25-26-43(52-41)48(36-19-11-32(4)12-20-36)49-37(28-54)27-44(53-49)47(42-24-23-40(45)51-42)35-17-9-31(3)10-18-35/h5-28,50,53H,1-4H3. The maximum atomic E-state index is 13.0. The van der Waals surface area contributed by atoms with Gasteiger partial charge in [0.1, 0.15) is 0 Å². The molecule has 3 aromatic heterocycles. The predicted octanol–water partition coefficient (Wildman–Crippen LogP) is 12.4. The first-order valence-electron chi connectivity index (χ1n) is 18.3. The van der Waals surface area contributed by atoms with E-state index in [1.165, 1.54) is 11.1 Å². The number of carbonyl (C=O) groups is 1. The number of H-pyrrole nitrogens is 2. The van der Waals surface area contributed by atoms with Gasteiger partial charge in [-0.15, -0.1) is 0 Å². The largest absolute Gasteiger partial charge is 0.354 e. The molecule has 8 bridgehead atoms. The van der Waals surface area contributed by atoms with Gasteiger partial charge in [-0.1, -0.05) is 119 Å². The van der Waals surface area contributed by atoms with E-state index in [9.17, 15) is 4.79 Å². The number of nitrogens with zero attached hydrogens (tertiary/aromatic N) is 2. The van der Waals surface area contributed by atoms with E-state index in [0.717, 1.165) is 101 Å². The van der Waals surface area contributed by atoms with E-state index in [-0.39, 0.29) is 0 Å². The van der Waals surface area contributed by atoms with Crippen molar-refractivity contribution in [3.05, 3.63) is 166 Å². The summed E-state index contributed by atoms with van der Waals surface area (Å²) >= 11 is 0. The van der Waals surface area contributed by atoms with E-state index in [4.69, 9.17) is 9.97 Å². The molecule has 2 N–H and O–H groups in total. The Hall–Kier alpha value is -6.85. The van der Waals surface area contributed by atoms with Crippen LogP contribution in [0.1, 0.15) is 55.4 Å². The molecule has 0 atom stereocenters. The first-order chi connectivity index (χ1) is 26.3. The molecule has 0 saturated carbocycles. The molecule has 0 amide bonds. The first kappa shape index (κ1) is 33.0. The third kappa shape index (κ3) is 5.90. The van der Waals surface area contributed by atoms with Crippen molar-refractivity contribution in [2.24, 2.45) is 0 Å². The van der Waals surface area contributed by atoms with Crippen molar-refractivity contribution in [1.29, 1.82) is 0 Å². The fourth-order valence-corrected chi connectivity index (χ4v) is 7.50. The Balaban J connectivity index is 1.50. The van der Waals surface area contributed by atoms with E-state index in [1.807, 2.05) is 6.07 Å². The Morgan fingerprint density at radius 3 is 1.11 bits per heavy atom. The number of aromatic nitrogens is 4. The molecule has 260 valence electrons. The van der Waals surface area contributed by atoms with Gasteiger partial charge in [-0.05, 0) is 92.5 Å². The Kier molecular flexibility index (Phi) is 8.12. The molecule has 0 aliphatic carbocycles. The lowest BCUT2D eigenvalue weighted by Gasteiger charge is -2.08. The highest BCUT2D eigenvalue weighted by atomic mass is 16.1. The van der Waals surface area contributed by atoms with Gasteiger partial charge in [0.25, 0.3) is 0 Å². The summed E-state index contributed by atoms with van der Waals surface area (Å²) in [5, 5.41) is 0. The van der Waals surface area contributed by atoms with Crippen molar-refractivity contribution in [3.63, 3.8) is 0 Å². The number of rotatable bonds is 5. The Bertz CT molecular complexity index is 2830. The highest BCUT2D eigenvalue weighted by Crippen LogP contribution is 2.39. The molecule has 4 aromatic carbocycles. The third-order valence-electron chi connectivity index (χ3n) is 10.4. The van der Waals surface area contributed by atoms with Crippen molar-refractivity contribution in [1.82, 2.24) is 19.9 Å². The minimum absolute atomic E-state index is 0.550. The molecule has 9 rings (SSSR count). The van der Waals surface area contributed by atoms with Gasteiger partial charge in [0.05, 0.1) is 28.3 Å². The van der Waals surface area contributed by atoms with Gasteiger partial charge in [-0.2, -0.15) is 0 Å². The van der Waals surface area contributed by atoms with Crippen LogP contribution in [-0.2, 0) is 0 Å². The summed E-state index contributed by atoms with van der Waals surface area (Å²) in [5.74, 6) is 0. The molecule has 54 heavy (non-hydrogen) atoms. The van der Waals surface area contributed by atoms with Crippen molar-refractivity contribution < 1.29 is 4.79 Å². The molecule has 0 saturated heterocycles. The van der Waals surface area contributed by atoms with Crippen LogP contribution in [0.3, 0.4) is 0 Å². The topological polar surface area (TPSA) is 74.4 Å². The fraction of sp³-hybridized carbons (Fsp3) is 0.0816. The molecule has 5 heterocycles. The van der Waals surface area contributed by atoms with Gasteiger partial charge >= 0.3 is 0 Å². The Morgan fingerprint density at radius 1 is 0.407 bits per heavy atom. The van der Waals surface area contributed by atoms with Crippen LogP contribution in [-0.4, -0.2) is 26.2 Å². The molecule has 0 fully saturated rings. The van der Waals surface area contributed by atoms with Crippen LogP contribution in [0.15, 0.2) is 115 Å². The van der Waals surface area contributed by atoms with Gasteiger partial charge in [0, 0.05) is 44.4 Å². The summed E-state index contributed by atoms with van der Waals surface area (Å²) in [5.41, 5.74) is 19.7. The van der Waals surface area contributed by atoms with Crippen LogP contribution in [0, 0.1) is 27.7 Å². The molecule has 2 aliphatic rings. The van der Waals surface area contributed by atoms with Crippen LogP contribution in [0.2, 0.25) is 0 Å². The number of benzene rings is 4. The predicted molar refractivity (Wildman–Crippen MR) is 225 cm³/mol. The summed E-state index contributed by atoms with van der Waals surface area (Å²) in [6.45, 7) is 8.37. The number of aromatic amines is 2. The number of hydrogen-bond acceptors (Lipinski definition) is 3. The van der Waals surface area contributed by atoms with Crippen molar-refractivity contribution in [3.8, 4) is 44.5 Å². The summed E-state index contributed by atoms with van der Waals surface area (Å²) in [6.07, 6.45) is 9.27. The van der Waals surface area contributed by atoms with Crippen molar-refractivity contribution in [2.45, 2.75) is 27.7 Å². The average molecular weight is 699 g/mol. The van der Waals surface area contributed by atoms with Crippen LogP contribution in [0.4, 0.5) is 0 Å². The van der Waals surface area contributed by atoms with E-state index >= 15 is 0 Å². The second kappa shape index (κ2) is 13.3. The fourth-order valence-electron chi connectivity index (χ4n) is 7.50. The maximum absolute atomic E-state index is 13.0. The van der Waals surface area contributed by atoms with E-state index < -0.39 is 0 Å². The highest BCUT2D eigenvalue weighted by molar-refractivity contribution is 6.04. The molecular weight excluding hydrogens is 661 g/mol. The van der Waals surface area contributed by atoms with Crippen molar-refractivity contribution >= 4 is 52.7 Å². The normalized spacial score (nSPS) is 12.0. The minimum atomic E-state index is 0.550. The number of carbonyl (C=O) groups excluding carboxylic acids is 1. The molecule has 0 spiro atoms. The molecule has 7 aromatic rings. The second-order valence-electron chi connectivity index (χ2n) is 14.3. The minimum Gasteiger partial charge on any atom is -0.354 e. The molecule has 0 radical (unpaired) electrons. The number of aldehydes is 1. The highest BCUT2D eigenvalue weighted by Gasteiger charge is 2.20. The molecular formula is C49H38N4O. The Labute approximate surface area is 314 Å². The van der Waals surface area contributed by atoms with Gasteiger partial charge in [-0.3, -0.25) is 4.79 Å². The number of nitrogens with one attached hydrogen (secondary N) is 2. The van der Waals surface area contributed by atoms with E-state index in [0.29, 0.717) is 11.1 Å². The second-order valence-corrected chi connectivity index (χ2v) is 14.3. The lowest BCUT2D eigenvalue weighted by Crippen LogP contribution is -1.90. The van der Waals surface area contributed by atoms with Gasteiger partial charge < -0.3 is 9.97 Å². The molecule has 2 aliphatic heterocycles. The number of hydrogen-bond donors (Lipinski definition) is 2. The summed E-state index contributed by atoms with van der Waals surface area (Å²) in [6, 6.07) is 40.3. The van der Waals surface area contributed by atoms with Gasteiger partial charge in [-0.25, -0.2) is 9.97 Å². The number of aryl methyl sites for hydroxylation is 4. The Morgan fingerprint density at radius 2 is 0.741 bits per heavy atom. The van der Waals surface area contributed by atoms with Crippen LogP contribution in [0.25, 0.3) is 90.9 Å². The van der Waals surface area contributed by atoms with Gasteiger partial charge in [0.2, 0.25) is 0 Å². The number of fused-ring (bicyclic) bond motifs is 8. The lowest BCUT2D eigenvalue weighted by atomic mass is 10.0. The lowest BCUT2D eigenvalue weighted by molar-refractivity contribution is 0.112. The van der Waals surface area contributed by atoms with Crippen molar-refractivity contribution in [2.75, 3.05) is 0 Å². The van der Waals surface area contributed by atoms with Crippen LogP contribution in [0.5, 0.6) is 0 Å². The third-order valence-corrected chi connectivity index (χ3v) is 10.4. The zero-order valence-electron chi connectivity index (χ0n) is 30.7. The van der Waals surface area contributed by atoms with Crippen LogP contribution < -0.4 is 0 Å². The van der Waals surface area contributed by atoms with E-state index in [1.54, 1.807) is 0 Å². The maximum Gasteiger partial charge on any atom is 0.152 e. The molecule has 5 heteroatoms. The summed E-state index contributed by atoms with van der Waals surface area (Å²) < 4.78 is 0. The zero-order valence-corrected chi connectivity index (χ0v) is 30.7. The molecule has 5 nitrogen and oxygen atoms in total. The molecule has 0 unspecified atom stereocenters. The smallest absolute Gasteiger partial charge is 0.152 e. The quantitative estimate of drug-likeness (QED) is 0.176. The first-order valence-corrected chi connectivity index (χ1v) is 18.3. The van der Waals surface area contributed by atoms with Crippen LogP contribution >= 0.6 is 0 Å². The van der Waals surface area contributed by atoms with Gasteiger partial charge in [0.15, 0.2) is 6.29 Å². The summed E-state index contributed by atoms with van der Waals surface area (Å²) in [7, 11) is 0. The average Bonchev–Trinajstić information content (AvgIpc) is 4.01. The monoisotopic (exact) mass is 698 g/mol. The summed E-state index contributed by atoms with van der Waals surface area (Å²) in [4.78, 5) is 31.3. The zero-order chi connectivity index (χ0) is 36.9. The van der Waals surface area contributed by atoms with E-state index in [2.05, 4.69) is 171 Å². The SMILES string of the molecule is Cc1ccc(-c2c3nc(c(-c4ccc(C)cc4)c4cc(C=O)c([nH]4)c(-c4ccc(C)cc4)c4nc(c(-c5ccc(C)cc5)c5ccc2[nH]5)C=C4)C=C3)cc1.